The van der Waals surface area contributed by atoms with Gasteiger partial charge in [-0.2, -0.15) is 0 Å². The van der Waals surface area contributed by atoms with Crippen LogP contribution in [0, 0.1) is 11.8 Å². The molecule has 20 heavy (non-hydrogen) atoms. The van der Waals surface area contributed by atoms with Crippen LogP contribution in [0.1, 0.15) is 60.3 Å². The summed E-state index contributed by atoms with van der Waals surface area (Å²) in [6.45, 7) is 10.2. The van der Waals surface area contributed by atoms with E-state index in [0.717, 1.165) is 12.8 Å². The monoisotopic (exact) mass is 280 g/mol. The molecule has 0 bridgehead atoms. The molecule has 1 saturated heterocycles. The molecule has 2 aliphatic rings. The summed E-state index contributed by atoms with van der Waals surface area (Å²) in [7, 11) is 0. The number of carbonyl (C=O) groups is 2. The Balaban J connectivity index is 2.34. The Bertz CT molecular complexity index is 401. The van der Waals surface area contributed by atoms with Crippen molar-refractivity contribution in [1.82, 2.24) is 10.2 Å². The fourth-order valence-corrected chi connectivity index (χ4v) is 3.58. The van der Waals surface area contributed by atoms with Crippen LogP contribution in [-0.2, 0) is 9.59 Å². The lowest BCUT2D eigenvalue weighted by atomic mass is 9.84. The van der Waals surface area contributed by atoms with E-state index in [9.17, 15) is 9.59 Å². The van der Waals surface area contributed by atoms with Crippen LogP contribution in [-0.4, -0.2) is 34.3 Å². The maximum Gasteiger partial charge on any atom is 0.249 e. The fraction of sp³-hybridized carbons (Fsp3) is 0.875. The van der Waals surface area contributed by atoms with E-state index in [2.05, 4.69) is 12.2 Å². The van der Waals surface area contributed by atoms with Crippen LogP contribution < -0.4 is 5.32 Å². The summed E-state index contributed by atoms with van der Waals surface area (Å²) in [4.78, 5) is 27.5. The van der Waals surface area contributed by atoms with Crippen molar-refractivity contribution in [2.75, 3.05) is 0 Å². The van der Waals surface area contributed by atoms with Crippen LogP contribution >= 0.6 is 0 Å². The second-order valence-electron chi connectivity index (χ2n) is 6.65. The van der Waals surface area contributed by atoms with Gasteiger partial charge in [0.1, 0.15) is 11.6 Å². The van der Waals surface area contributed by atoms with E-state index in [1.165, 1.54) is 0 Å². The molecule has 1 aliphatic carbocycles. The molecule has 3 atom stereocenters. The Morgan fingerprint density at radius 3 is 2.25 bits per heavy atom. The van der Waals surface area contributed by atoms with E-state index >= 15 is 0 Å². The lowest BCUT2D eigenvalue weighted by Crippen LogP contribution is -2.71. The molecule has 0 aromatic carbocycles. The van der Waals surface area contributed by atoms with Crippen molar-refractivity contribution in [3.63, 3.8) is 0 Å². The molecule has 1 saturated carbocycles. The summed E-state index contributed by atoms with van der Waals surface area (Å²) in [6.07, 6.45) is 3.48. The first-order chi connectivity index (χ1) is 9.41. The highest BCUT2D eigenvalue weighted by Crippen LogP contribution is 2.43. The molecule has 1 N–H and O–H groups in total. The Kier molecular flexibility index (Phi) is 4.12. The zero-order chi connectivity index (χ0) is 15.1. The van der Waals surface area contributed by atoms with Gasteiger partial charge in [-0.1, -0.05) is 41.0 Å². The van der Waals surface area contributed by atoms with E-state index < -0.39 is 5.54 Å². The van der Waals surface area contributed by atoms with Gasteiger partial charge >= 0.3 is 0 Å². The van der Waals surface area contributed by atoms with E-state index in [1.807, 2.05) is 32.6 Å². The molecular weight excluding hydrogens is 252 g/mol. The van der Waals surface area contributed by atoms with Crippen molar-refractivity contribution in [2.45, 2.75) is 77.9 Å². The van der Waals surface area contributed by atoms with Gasteiger partial charge in [-0.05, 0) is 31.1 Å². The van der Waals surface area contributed by atoms with Crippen molar-refractivity contribution in [1.29, 1.82) is 0 Å². The summed E-state index contributed by atoms with van der Waals surface area (Å²) in [5.41, 5.74) is -0.677. The number of hydrogen-bond acceptors (Lipinski definition) is 2. The number of piperazine rings is 1. The number of nitrogens with one attached hydrogen (secondary N) is 1. The van der Waals surface area contributed by atoms with Gasteiger partial charge in [0.05, 0.1) is 0 Å². The van der Waals surface area contributed by atoms with Crippen LogP contribution in [0.3, 0.4) is 0 Å². The molecule has 0 aromatic heterocycles. The largest absolute Gasteiger partial charge is 0.340 e. The molecule has 1 heterocycles. The Labute approximate surface area is 122 Å². The zero-order valence-corrected chi connectivity index (χ0v) is 13.4. The first-order valence-electron chi connectivity index (χ1n) is 8.06. The van der Waals surface area contributed by atoms with Crippen molar-refractivity contribution in [3.8, 4) is 0 Å². The van der Waals surface area contributed by atoms with Crippen molar-refractivity contribution < 1.29 is 9.59 Å². The predicted molar refractivity (Wildman–Crippen MR) is 79.1 cm³/mol. The summed E-state index contributed by atoms with van der Waals surface area (Å²) in [5.74, 6) is 0.910. The van der Waals surface area contributed by atoms with Gasteiger partial charge in [-0.25, -0.2) is 0 Å². The molecule has 4 nitrogen and oxygen atoms in total. The molecule has 0 aromatic rings. The minimum Gasteiger partial charge on any atom is -0.340 e. The number of hydrogen-bond donors (Lipinski definition) is 1. The van der Waals surface area contributed by atoms with E-state index in [4.69, 9.17) is 0 Å². The third kappa shape index (κ3) is 2.23. The molecule has 0 spiro atoms. The predicted octanol–water partition coefficient (Wildman–Crippen LogP) is 2.33. The van der Waals surface area contributed by atoms with E-state index in [-0.39, 0.29) is 29.8 Å². The van der Waals surface area contributed by atoms with Gasteiger partial charge in [0.2, 0.25) is 11.8 Å². The minimum atomic E-state index is -0.677. The zero-order valence-electron chi connectivity index (χ0n) is 13.4. The molecule has 1 aliphatic heterocycles. The average molecular weight is 280 g/mol. The third-order valence-electron chi connectivity index (χ3n) is 5.18. The summed E-state index contributed by atoms with van der Waals surface area (Å²) in [5, 5.41) is 3.03. The van der Waals surface area contributed by atoms with Crippen LogP contribution in [0.2, 0.25) is 0 Å². The lowest BCUT2D eigenvalue weighted by Gasteiger charge is -2.47. The minimum absolute atomic E-state index is 0.0325. The molecule has 4 heteroatoms. The Hall–Kier alpha value is -1.06. The van der Waals surface area contributed by atoms with Gasteiger partial charge in [-0.3, -0.25) is 9.59 Å². The number of amides is 2. The van der Waals surface area contributed by atoms with Crippen molar-refractivity contribution >= 4 is 11.8 Å². The normalized spacial score (nSPS) is 32.5. The molecular formula is C16H28N2O2. The van der Waals surface area contributed by atoms with Gasteiger partial charge in [0.15, 0.2) is 0 Å². The Morgan fingerprint density at radius 1 is 1.25 bits per heavy atom. The lowest BCUT2D eigenvalue weighted by molar-refractivity contribution is -0.158. The number of nitrogens with zero attached hydrogens (tertiary/aromatic N) is 1. The van der Waals surface area contributed by atoms with E-state index in [1.54, 1.807) is 0 Å². The molecule has 3 unspecified atom stereocenters. The number of rotatable bonds is 5. The second kappa shape index (κ2) is 5.38. The molecule has 0 radical (unpaired) electrons. The number of carbonyl (C=O) groups excluding carboxylic acids is 2. The van der Waals surface area contributed by atoms with Crippen LogP contribution in [0.5, 0.6) is 0 Å². The molecule has 2 fully saturated rings. The van der Waals surface area contributed by atoms with Crippen LogP contribution in [0.15, 0.2) is 0 Å². The smallest absolute Gasteiger partial charge is 0.249 e. The van der Waals surface area contributed by atoms with E-state index in [0.29, 0.717) is 18.8 Å². The highest BCUT2D eigenvalue weighted by Gasteiger charge is 2.56. The standard InChI is InChI=1S/C16H28N2O2/c1-6-11-9-12(11)18-13(10(4)5)14(19)17-16(7-2,8-3)15(18)20/h10-13H,6-9H2,1-5H3,(H,17,19). The molecule has 2 amide bonds. The Morgan fingerprint density at radius 2 is 1.85 bits per heavy atom. The van der Waals surface area contributed by atoms with Crippen molar-refractivity contribution in [2.24, 2.45) is 11.8 Å². The quantitative estimate of drug-likeness (QED) is 0.840. The maximum absolute atomic E-state index is 13.0. The molecule has 2 rings (SSSR count). The van der Waals surface area contributed by atoms with Gasteiger partial charge in [-0.15, -0.1) is 0 Å². The highest BCUT2D eigenvalue weighted by atomic mass is 16.2. The van der Waals surface area contributed by atoms with Gasteiger partial charge in [0, 0.05) is 6.04 Å². The van der Waals surface area contributed by atoms with Gasteiger partial charge in [0.25, 0.3) is 0 Å². The SMILES string of the molecule is CCC1CC1N1C(=O)C(CC)(CC)NC(=O)C1C(C)C. The first-order valence-corrected chi connectivity index (χ1v) is 8.06. The van der Waals surface area contributed by atoms with Crippen LogP contribution in [0.4, 0.5) is 0 Å². The second-order valence-corrected chi connectivity index (χ2v) is 6.65. The average Bonchev–Trinajstić information content (AvgIpc) is 3.19. The topological polar surface area (TPSA) is 49.4 Å². The summed E-state index contributed by atoms with van der Waals surface area (Å²) in [6, 6.07) is -0.0151. The highest BCUT2D eigenvalue weighted by molar-refractivity contribution is 6.00. The first kappa shape index (κ1) is 15.3. The molecule has 114 valence electrons. The third-order valence-corrected chi connectivity index (χ3v) is 5.18. The van der Waals surface area contributed by atoms with Crippen LogP contribution in [0.25, 0.3) is 0 Å². The van der Waals surface area contributed by atoms with Crippen molar-refractivity contribution in [3.05, 3.63) is 0 Å². The fourth-order valence-electron chi connectivity index (χ4n) is 3.58. The maximum atomic E-state index is 13.0. The summed E-state index contributed by atoms with van der Waals surface area (Å²) >= 11 is 0. The van der Waals surface area contributed by atoms with Gasteiger partial charge < -0.3 is 10.2 Å². The summed E-state index contributed by atoms with van der Waals surface area (Å²) < 4.78 is 0.